The van der Waals surface area contributed by atoms with E-state index in [1.165, 1.54) is 4.88 Å². The lowest BCUT2D eigenvalue weighted by Gasteiger charge is -2.06. The van der Waals surface area contributed by atoms with Gasteiger partial charge < -0.3 is 0 Å². The summed E-state index contributed by atoms with van der Waals surface area (Å²) in [5.74, 6) is 0. The molecular weight excluding hydrogens is 268 g/mol. The van der Waals surface area contributed by atoms with Crippen LogP contribution in [0.5, 0.6) is 0 Å². The molecule has 0 aliphatic rings. The Hall–Kier alpha value is -2.45. The second kappa shape index (κ2) is 5.27. The molecule has 0 N–H and O–H groups in total. The third-order valence-electron chi connectivity index (χ3n) is 3.04. The predicted octanol–water partition coefficient (Wildman–Crippen LogP) is 3.10. The third-order valence-corrected chi connectivity index (χ3v) is 3.91. The van der Waals surface area contributed by atoms with Crippen LogP contribution in [-0.2, 0) is 6.42 Å². The van der Waals surface area contributed by atoms with Crippen LogP contribution in [0.4, 0.5) is 0 Å². The van der Waals surface area contributed by atoms with E-state index in [1.54, 1.807) is 16.0 Å². The van der Waals surface area contributed by atoms with Crippen molar-refractivity contribution in [3.63, 3.8) is 0 Å². The molecule has 1 aromatic carbocycles. The third kappa shape index (κ3) is 2.33. The van der Waals surface area contributed by atoms with Gasteiger partial charge in [0.25, 0.3) is 0 Å². The topological polar surface area (TPSA) is 54.5 Å². The molecule has 3 rings (SSSR count). The van der Waals surface area contributed by atoms with E-state index in [0.717, 1.165) is 16.9 Å². The molecule has 3 aromatic rings. The summed E-state index contributed by atoms with van der Waals surface area (Å²) >= 11 is 1.67. The van der Waals surface area contributed by atoms with E-state index in [4.69, 9.17) is 0 Å². The van der Waals surface area contributed by atoms with Gasteiger partial charge in [0.15, 0.2) is 5.69 Å². The van der Waals surface area contributed by atoms with Crippen LogP contribution in [0.3, 0.4) is 0 Å². The first-order chi connectivity index (χ1) is 9.78. The van der Waals surface area contributed by atoms with Gasteiger partial charge in [0, 0.05) is 11.3 Å². The van der Waals surface area contributed by atoms with Crippen LogP contribution in [0.25, 0.3) is 5.69 Å². The number of nitriles is 1. The van der Waals surface area contributed by atoms with Crippen molar-refractivity contribution in [2.75, 3.05) is 0 Å². The van der Waals surface area contributed by atoms with Crippen molar-refractivity contribution in [2.45, 2.75) is 13.3 Å². The summed E-state index contributed by atoms with van der Waals surface area (Å²) < 4.78 is 1.76. The lowest BCUT2D eigenvalue weighted by atomic mass is 10.2. The number of aryl methyl sites for hydroxylation is 1. The summed E-state index contributed by atoms with van der Waals surface area (Å²) in [5, 5.41) is 19.3. The number of rotatable bonds is 3. The molecule has 0 spiro atoms. The number of hydrogen-bond acceptors (Lipinski definition) is 4. The highest BCUT2D eigenvalue weighted by Crippen LogP contribution is 2.20. The zero-order chi connectivity index (χ0) is 13.9. The summed E-state index contributed by atoms with van der Waals surface area (Å²) in [6.45, 7) is 2.03. The first-order valence-electron chi connectivity index (χ1n) is 6.22. The van der Waals surface area contributed by atoms with E-state index in [1.807, 2.05) is 42.6 Å². The number of aromatic nitrogens is 3. The molecular formula is C15H12N4S. The van der Waals surface area contributed by atoms with E-state index in [9.17, 15) is 5.26 Å². The Morgan fingerprint density at radius 1 is 1.30 bits per heavy atom. The molecule has 0 aliphatic carbocycles. The van der Waals surface area contributed by atoms with E-state index in [0.29, 0.717) is 12.1 Å². The van der Waals surface area contributed by atoms with Gasteiger partial charge >= 0.3 is 0 Å². The maximum absolute atomic E-state index is 9.20. The van der Waals surface area contributed by atoms with Gasteiger partial charge in [0.2, 0.25) is 0 Å². The second-order valence-corrected chi connectivity index (χ2v) is 5.54. The van der Waals surface area contributed by atoms with Crippen molar-refractivity contribution in [3.05, 3.63) is 63.6 Å². The SMILES string of the molecule is Cc1cccc(-n2nnc(C#N)c2Cc2cccs2)c1. The molecule has 2 aromatic heterocycles. The van der Waals surface area contributed by atoms with Gasteiger partial charge in [-0.2, -0.15) is 5.26 Å². The Bertz CT molecular complexity index is 766. The fourth-order valence-corrected chi connectivity index (χ4v) is 2.80. The summed E-state index contributed by atoms with van der Waals surface area (Å²) in [6.07, 6.45) is 0.668. The molecule has 0 fully saturated rings. The van der Waals surface area contributed by atoms with Gasteiger partial charge in [0.05, 0.1) is 11.4 Å². The minimum atomic E-state index is 0.389. The highest BCUT2D eigenvalue weighted by molar-refractivity contribution is 7.09. The van der Waals surface area contributed by atoms with Crippen LogP contribution in [-0.4, -0.2) is 15.0 Å². The summed E-state index contributed by atoms with van der Waals surface area (Å²) in [7, 11) is 0. The molecule has 5 heteroatoms. The van der Waals surface area contributed by atoms with E-state index in [2.05, 4.69) is 22.4 Å². The minimum Gasteiger partial charge on any atom is -0.216 e. The average molecular weight is 280 g/mol. The highest BCUT2D eigenvalue weighted by Gasteiger charge is 2.15. The molecule has 0 atom stereocenters. The Morgan fingerprint density at radius 3 is 2.90 bits per heavy atom. The molecule has 0 bridgehead atoms. The first kappa shape index (κ1) is 12.6. The molecule has 0 amide bonds. The van der Waals surface area contributed by atoms with Crippen molar-refractivity contribution in [1.29, 1.82) is 5.26 Å². The second-order valence-electron chi connectivity index (χ2n) is 4.50. The standard InChI is InChI=1S/C15H12N4S/c1-11-4-2-5-12(8-11)19-15(14(10-16)17-18-19)9-13-6-3-7-20-13/h2-8H,9H2,1H3. The fraction of sp³-hybridized carbons (Fsp3) is 0.133. The quantitative estimate of drug-likeness (QED) is 0.740. The highest BCUT2D eigenvalue weighted by atomic mass is 32.1. The van der Waals surface area contributed by atoms with Crippen molar-refractivity contribution >= 4 is 11.3 Å². The van der Waals surface area contributed by atoms with Gasteiger partial charge in [-0.3, -0.25) is 0 Å². The molecule has 0 aliphatic heterocycles. The Morgan fingerprint density at radius 2 is 2.20 bits per heavy atom. The van der Waals surface area contributed by atoms with Gasteiger partial charge in [-0.05, 0) is 36.1 Å². The van der Waals surface area contributed by atoms with Crippen LogP contribution in [0.2, 0.25) is 0 Å². The summed E-state index contributed by atoms with van der Waals surface area (Å²) in [6, 6.07) is 14.2. The zero-order valence-corrected chi connectivity index (χ0v) is 11.8. The predicted molar refractivity (Wildman–Crippen MR) is 77.9 cm³/mol. The number of nitrogens with zero attached hydrogens (tertiary/aromatic N) is 4. The monoisotopic (exact) mass is 280 g/mol. The number of thiophene rings is 1. The van der Waals surface area contributed by atoms with Gasteiger partial charge in [-0.15, -0.1) is 16.4 Å². The van der Waals surface area contributed by atoms with Crippen molar-refractivity contribution < 1.29 is 0 Å². The zero-order valence-electron chi connectivity index (χ0n) is 10.9. The molecule has 4 nitrogen and oxygen atoms in total. The van der Waals surface area contributed by atoms with Gasteiger partial charge in [-0.1, -0.05) is 23.4 Å². The van der Waals surface area contributed by atoms with Crippen LogP contribution < -0.4 is 0 Å². The maximum Gasteiger partial charge on any atom is 0.186 e. The fourth-order valence-electron chi connectivity index (χ4n) is 2.09. The Kier molecular flexibility index (Phi) is 3.32. The van der Waals surface area contributed by atoms with Gasteiger partial charge in [-0.25, -0.2) is 4.68 Å². The Labute approximate surface area is 120 Å². The normalized spacial score (nSPS) is 10.4. The van der Waals surface area contributed by atoms with Crippen molar-refractivity contribution in [3.8, 4) is 11.8 Å². The minimum absolute atomic E-state index is 0.389. The summed E-state index contributed by atoms with van der Waals surface area (Å²) in [4.78, 5) is 1.19. The number of benzene rings is 1. The molecule has 20 heavy (non-hydrogen) atoms. The summed E-state index contributed by atoms with van der Waals surface area (Å²) in [5.41, 5.74) is 3.31. The molecule has 0 saturated carbocycles. The molecule has 98 valence electrons. The lowest BCUT2D eigenvalue weighted by molar-refractivity contribution is 0.773. The largest absolute Gasteiger partial charge is 0.216 e. The molecule has 0 radical (unpaired) electrons. The van der Waals surface area contributed by atoms with E-state index in [-0.39, 0.29) is 0 Å². The average Bonchev–Trinajstić information content (AvgIpc) is 3.08. The first-order valence-corrected chi connectivity index (χ1v) is 7.10. The van der Waals surface area contributed by atoms with Crippen LogP contribution >= 0.6 is 11.3 Å². The van der Waals surface area contributed by atoms with Gasteiger partial charge in [0.1, 0.15) is 6.07 Å². The van der Waals surface area contributed by atoms with Crippen molar-refractivity contribution in [2.24, 2.45) is 0 Å². The van der Waals surface area contributed by atoms with Crippen LogP contribution in [0, 0.1) is 18.3 Å². The van der Waals surface area contributed by atoms with Crippen LogP contribution in [0.1, 0.15) is 21.8 Å². The van der Waals surface area contributed by atoms with Crippen LogP contribution in [0.15, 0.2) is 41.8 Å². The lowest BCUT2D eigenvalue weighted by Crippen LogP contribution is -2.03. The Balaban J connectivity index is 2.08. The number of hydrogen-bond donors (Lipinski definition) is 0. The van der Waals surface area contributed by atoms with Crippen molar-refractivity contribution in [1.82, 2.24) is 15.0 Å². The molecule has 2 heterocycles. The molecule has 0 saturated heterocycles. The van der Waals surface area contributed by atoms with E-state index >= 15 is 0 Å². The van der Waals surface area contributed by atoms with E-state index < -0.39 is 0 Å². The molecule has 0 unspecified atom stereocenters. The maximum atomic E-state index is 9.20. The smallest absolute Gasteiger partial charge is 0.186 e.